The molecular formula is C10H4Cl2F3IN2. The van der Waals surface area contributed by atoms with Gasteiger partial charge in [0.1, 0.15) is 5.69 Å². The van der Waals surface area contributed by atoms with Gasteiger partial charge in [-0.05, 0) is 34.7 Å². The van der Waals surface area contributed by atoms with Crippen LogP contribution in [0.25, 0.3) is 11.3 Å². The van der Waals surface area contributed by atoms with E-state index in [1.807, 2.05) is 22.6 Å². The molecule has 2 rings (SSSR count). The van der Waals surface area contributed by atoms with Gasteiger partial charge >= 0.3 is 6.18 Å². The van der Waals surface area contributed by atoms with Crippen molar-refractivity contribution in [2.45, 2.75) is 6.18 Å². The number of aromatic nitrogens is 2. The first-order valence-electron chi connectivity index (χ1n) is 4.56. The Hall–Kier alpha value is -0.470. The molecule has 96 valence electrons. The number of nitrogens with one attached hydrogen (secondary N) is 1. The number of aromatic amines is 1. The fraction of sp³-hybridized carbons (Fsp3) is 0.100. The van der Waals surface area contributed by atoms with E-state index in [9.17, 15) is 13.2 Å². The molecule has 1 aromatic heterocycles. The van der Waals surface area contributed by atoms with Crippen molar-refractivity contribution < 1.29 is 13.2 Å². The zero-order valence-corrected chi connectivity index (χ0v) is 12.1. The highest BCUT2D eigenvalue weighted by Gasteiger charge is 2.32. The van der Waals surface area contributed by atoms with Gasteiger partial charge in [0.25, 0.3) is 0 Å². The lowest BCUT2D eigenvalue weighted by Crippen LogP contribution is -2.05. The van der Waals surface area contributed by atoms with E-state index in [0.717, 1.165) is 15.7 Å². The maximum atomic E-state index is 12.6. The minimum atomic E-state index is -4.48. The maximum absolute atomic E-state index is 12.6. The first kappa shape index (κ1) is 14.0. The lowest BCUT2D eigenvalue weighted by atomic mass is 10.1. The number of alkyl halides is 3. The molecule has 1 heterocycles. The van der Waals surface area contributed by atoms with E-state index in [1.54, 1.807) is 6.20 Å². The van der Waals surface area contributed by atoms with Gasteiger partial charge in [0.15, 0.2) is 0 Å². The summed E-state index contributed by atoms with van der Waals surface area (Å²) in [6.45, 7) is 0. The minimum Gasteiger partial charge on any atom is -0.284 e. The summed E-state index contributed by atoms with van der Waals surface area (Å²) >= 11 is 13.7. The van der Waals surface area contributed by atoms with Crippen molar-refractivity contribution in [3.05, 3.63) is 37.5 Å². The standard InChI is InChI=1S/C10H4Cl2F3IN2/c11-5-1-4(10(13,14)15)2-6(12)8(5)9-7(16)3-17-18-9/h1-3H,(H,17,18). The number of hydrogen-bond acceptors (Lipinski definition) is 1. The van der Waals surface area contributed by atoms with Crippen molar-refractivity contribution in [2.24, 2.45) is 0 Å². The zero-order chi connectivity index (χ0) is 13.5. The first-order chi connectivity index (χ1) is 8.30. The maximum Gasteiger partial charge on any atom is 0.416 e. The zero-order valence-electron chi connectivity index (χ0n) is 8.45. The molecule has 0 amide bonds. The highest BCUT2D eigenvalue weighted by Crippen LogP contribution is 2.40. The Kier molecular flexibility index (Phi) is 3.80. The van der Waals surface area contributed by atoms with Crippen molar-refractivity contribution in [3.63, 3.8) is 0 Å². The summed E-state index contributed by atoms with van der Waals surface area (Å²) in [6, 6.07) is 1.68. The van der Waals surface area contributed by atoms with Gasteiger partial charge in [-0.2, -0.15) is 18.3 Å². The van der Waals surface area contributed by atoms with E-state index in [0.29, 0.717) is 5.69 Å². The van der Waals surface area contributed by atoms with Gasteiger partial charge in [-0.15, -0.1) is 0 Å². The van der Waals surface area contributed by atoms with Crippen molar-refractivity contribution >= 4 is 45.8 Å². The van der Waals surface area contributed by atoms with E-state index in [-0.39, 0.29) is 15.6 Å². The third-order valence-corrected chi connectivity index (χ3v) is 3.62. The van der Waals surface area contributed by atoms with Crippen LogP contribution in [-0.4, -0.2) is 10.2 Å². The quantitative estimate of drug-likeness (QED) is 0.663. The van der Waals surface area contributed by atoms with Crippen LogP contribution in [0.2, 0.25) is 10.0 Å². The smallest absolute Gasteiger partial charge is 0.284 e. The molecule has 0 aliphatic carbocycles. The summed E-state index contributed by atoms with van der Waals surface area (Å²) in [5.74, 6) is 0. The Morgan fingerprint density at radius 1 is 1.17 bits per heavy atom. The van der Waals surface area contributed by atoms with Crippen molar-refractivity contribution in [2.75, 3.05) is 0 Å². The van der Waals surface area contributed by atoms with Gasteiger partial charge in [0, 0.05) is 11.8 Å². The highest BCUT2D eigenvalue weighted by molar-refractivity contribution is 14.1. The molecule has 2 aromatic rings. The molecule has 0 saturated carbocycles. The molecule has 2 nitrogen and oxygen atoms in total. The van der Waals surface area contributed by atoms with Crippen molar-refractivity contribution in [3.8, 4) is 11.3 Å². The second kappa shape index (κ2) is 4.90. The summed E-state index contributed by atoms with van der Waals surface area (Å²) in [4.78, 5) is 0. The third kappa shape index (κ3) is 2.60. The number of halogens is 6. The predicted octanol–water partition coefficient (Wildman–Crippen LogP) is 5.01. The van der Waals surface area contributed by atoms with Gasteiger partial charge in [-0.1, -0.05) is 23.2 Å². The monoisotopic (exact) mass is 406 g/mol. The summed E-state index contributed by atoms with van der Waals surface area (Å²) in [5.41, 5.74) is -0.164. The molecule has 18 heavy (non-hydrogen) atoms. The van der Waals surface area contributed by atoms with Crippen LogP contribution in [-0.2, 0) is 6.18 Å². The molecule has 1 aromatic carbocycles. The summed E-state index contributed by atoms with van der Waals surface area (Å²) < 4.78 is 38.4. The van der Waals surface area contributed by atoms with E-state index >= 15 is 0 Å². The van der Waals surface area contributed by atoms with E-state index in [4.69, 9.17) is 23.2 Å². The van der Waals surface area contributed by atoms with Crippen LogP contribution in [0, 0.1) is 3.57 Å². The molecule has 0 spiro atoms. The van der Waals surface area contributed by atoms with E-state index < -0.39 is 11.7 Å². The average molecular weight is 407 g/mol. The van der Waals surface area contributed by atoms with Crippen LogP contribution < -0.4 is 0 Å². The second-order valence-corrected chi connectivity index (χ2v) is 5.37. The van der Waals surface area contributed by atoms with E-state index in [2.05, 4.69) is 10.2 Å². The van der Waals surface area contributed by atoms with Gasteiger partial charge in [-0.3, -0.25) is 5.10 Å². The minimum absolute atomic E-state index is 0.0835. The molecule has 0 saturated heterocycles. The van der Waals surface area contributed by atoms with Gasteiger partial charge in [0.2, 0.25) is 0 Å². The molecule has 8 heteroatoms. The molecule has 1 N–H and O–H groups in total. The lowest BCUT2D eigenvalue weighted by molar-refractivity contribution is -0.137. The fourth-order valence-electron chi connectivity index (χ4n) is 1.41. The van der Waals surface area contributed by atoms with Crippen LogP contribution in [0.3, 0.4) is 0 Å². The second-order valence-electron chi connectivity index (χ2n) is 3.39. The van der Waals surface area contributed by atoms with Crippen LogP contribution in [0.15, 0.2) is 18.3 Å². The summed E-state index contributed by atoms with van der Waals surface area (Å²) in [5, 5.41) is 6.35. The fourth-order valence-corrected chi connectivity index (χ4v) is 2.61. The van der Waals surface area contributed by atoms with Crippen LogP contribution in [0.4, 0.5) is 13.2 Å². The molecule has 0 radical (unpaired) electrons. The van der Waals surface area contributed by atoms with Crippen LogP contribution >= 0.6 is 45.8 Å². The average Bonchev–Trinajstić information content (AvgIpc) is 2.62. The van der Waals surface area contributed by atoms with Gasteiger partial charge in [-0.25, -0.2) is 0 Å². The number of benzene rings is 1. The predicted molar refractivity (Wildman–Crippen MR) is 71.8 cm³/mol. The van der Waals surface area contributed by atoms with Crippen molar-refractivity contribution in [1.29, 1.82) is 0 Å². The molecule has 0 aliphatic rings. The normalized spacial score (nSPS) is 11.9. The molecule has 0 fully saturated rings. The third-order valence-electron chi connectivity index (χ3n) is 2.20. The summed E-state index contributed by atoms with van der Waals surface area (Å²) in [6.07, 6.45) is -2.88. The Balaban J connectivity index is 2.62. The SMILES string of the molecule is FC(F)(F)c1cc(Cl)c(-c2n[nH]cc2I)c(Cl)c1. The molecular weight excluding hydrogens is 403 g/mol. The largest absolute Gasteiger partial charge is 0.416 e. The molecule has 0 aliphatic heterocycles. The van der Waals surface area contributed by atoms with Gasteiger partial charge in [0.05, 0.1) is 19.2 Å². The number of rotatable bonds is 1. The number of H-pyrrole nitrogens is 1. The Morgan fingerprint density at radius 3 is 2.11 bits per heavy atom. The highest BCUT2D eigenvalue weighted by atomic mass is 127. The van der Waals surface area contributed by atoms with E-state index in [1.165, 1.54) is 0 Å². The van der Waals surface area contributed by atoms with Crippen molar-refractivity contribution in [1.82, 2.24) is 10.2 Å². The van der Waals surface area contributed by atoms with Crippen LogP contribution in [0.5, 0.6) is 0 Å². The molecule has 0 atom stereocenters. The Labute approximate surface area is 124 Å². The molecule has 0 bridgehead atoms. The number of hydrogen-bond donors (Lipinski definition) is 1. The van der Waals surface area contributed by atoms with Gasteiger partial charge < -0.3 is 0 Å². The lowest BCUT2D eigenvalue weighted by Gasteiger charge is -2.11. The Morgan fingerprint density at radius 2 is 1.72 bits per heavy atom. The van der Waals surface area contributed by atoms with Crippen LogP contribution in [0.1, 0.15) is 5.56 Å². The first-order valence-corrected chi connectivity index (χ1v) is 6.40. The Bertz CT molecular complexity index is 572. The number of nitrogens with zero attached hydrogens (tertiary/aromatic N) is 1. The topological polar surface area (TPSA) is 28.7 Å². The summed E-state index contributed by atoms with van der Waals surface area (Å²) in [7, 11) is 0. The molecule has 0 unspecified atom stereocenters.